The summed E-state index contributed by atoms with van der Waals surface area (Å²) < 4.78 is 0. The van der Waals surface area contributed by atoms with Gasteiger partial charge < -0.3 is 10.2 Å². The molecule has 1 aliphatic rings. The number of nitrogens with zero attached hydrogens (tertiary/aromatic N) is 2. The van der Waals surface area contributed by atoms with E-state index in [1.165, 1.54) is 17.8 Å². The van der Waals surface area contributed by atoms with Crippen LogP contribution in [0, 0.1) is 25.2 Å². The highest BCUT2D eigenvalue weighted by molar-refractivity contribution is 7.15. The Morgan fingerprint density at radius 3 is 2.39 bits per heavy atom. The van der Waals surface area contributed by atoms with Gasteiger partial charge in [-0.25, -0.2) is 4.98 Å². The summed E-state index contributed by atoms with van der Waals surface area (Å²) in [6.07, 6.45) is 7.02. The van der Waals surface area contributed by atoms with E-state index in [1.54, 1.807) is 0 Å². The summed E-state index contributed by atoms with van der Waals surface area (Å²) >= 11 is 1.48. The number of amides is 2. The lowest BCUT2D eigenvalue weighted by molar-refractivity contribution is -0.138. The van der Waals surface area contributed by atoms with E-state index in [0.29, 0.717) is 17.5 Å². The van der Waals surface area contributed by atoms with Gasteiger partial charge in [0.05, 0.1) is 5.69 Å². The van der Waals surface area contributed by atoms with Crippen LogP contribution in [0.1, 0.15) is 83.2 Å². The van der Waals surface area contributed by atoms with E-state index in [1.807, 2.05) is 18.7 Å². The summed E-state index contributed by atoms with van der Waals surface area (Å²) in [5.41, 5.74) is 1.14. The molecule has 0 spiro atoms. The molecule has 158 valence electrons. The first kappa shape index (κ1) is 22.9. The quantitative estimate of drug-likeness (QED) is 0.665. The van der Waals surface area contributed by atoms with Gasteiger partial charge in [-0.1, -0.05) is 47.0 Å². The van der Waals surface area contributed by atoms with Gasteiger partial charge in [0.2, 0.25) is 11.8 Å². The van der Waals surface area contributed by atoms with Crippen molar-refractivity contribution in [3.8, 4) is 0 Å². The first-order chi connectivity index (χ1) is 13.0. The highest BCUT2D eigenvalue weighted by Crippen LogP contribution is 2.28. The first-order valence-electron chi connectivity index (χ1n) is 10.6. The second kappa shape index (κ2) is 9.86. The summed E-state index contributed by atoms with van der Waals surface area (Å²) in [5, 5.41) is 3.52. The van der Waals surface area contributed by atoms with Crippen LogP contribution in [0.3, 0.4) is 0 Å². The zero-order valence-corrected chi connectivity index (χ0v) is 19.2. The molecule has 1 aromatic rings. The van der Waals surface area contributed by atoms with Crippen LogP contribution in [-0.2, 0) is 9.59 Å². The predicted octanol–water partition coefficient (Wildman–Crippen LogP) is 5.32. The Kier molecular flexibility index (Phi) is 8.05. The summed E-state index contributed by atoms with van der Waals surface area (Å²) in [4.78, 5) is 33.1. The Bertz CT molecular complexity index is 652. The number of hydrogen-bond acceptors (Lipinski definition) is 4. The van der Waals surface area contributed by atoms with Crippen molar-refractivity contribution in [3.05, 3.63) is 10.6 Å². The number of rotatable bonds is 7. The fourth-order valence-electron chi connectivity index (χ4n) is 4.19. The van der Waals surface area contributed by atoms with Crippen LogP contribution in [0.5, 0.6) is 0 Å². The monoisotopic (exact) mass is 407 g/mol. The van der Waals surface area contributed by atoms with E-state index in [-0.39, 0.29) is 29.8 Å². The molecule has 0 aliphatic heterocycles. The molecule has 0 radical (unpaired) electrons. The third kappa shape index (κ3) is 7.19. The van der Waals surface area contributed by atoms with Crippen LogP contribution in [0.2, 0.25) is 0 Å². The average Bonchev–Trinajstić information content (AvgIpc) is 2.89. The van der Waals surface area contributed by atoms with E-state index >= 15 is 0 Å². The molecule has 1 aromatic heterocycles. The Morgan fingerprint density at radius 1 is 1.21 bits per heavy atom. The van der Waals surface area contributed by atoms with Crippen molar-refractivity contribution in [1.29, 1.82) is 0 Å². The number of carbonyl (C=O) groups excluding carboxylic acids is 2. The normalized spacial score (nSPS) is 16.6. The van der Waals surface area contributed by atoms with Crippen molar-refractivity contribution >= 4 is 28.3 Å². The van der Waals surface area contributed by atoms with Crippen molar-refractivity contribution < 1.29 is 9.59 Å². The zero-order chi connectivity index (χ0) is 20.9. The molecule has 0 aromatic carbocycles. The standard InChI is InChI=1S/C22H37N3O2S/c1-15(13-22(4,5)6)12-20(27)25(18-10-8-7-9-11-18)14-19(26)24-21-23-16(2)17(3)28-21/h15,18H,7-14H2,1-6H3,(H,23,24,26). The van der Waals surface area contributed by atoms with E-state index in [2.05, 4.69) is 38.0 Å². The van der Waals surface area contributed by atoms with Gasteiger partial charge in [0, 0.05) is 17.3 Å². The molecule has 0 bridgehead atoms. The SMILES string of the molecule is Cc1nc(NC(=O)CN(C(=O)CC(C)CC(C)(C)C)C2CCCCC2)sc1C. The lowest BCUT2D eigenvalue weighted by Gasteiger charge is -2.35. The maximum Gasteiger partial charge on any atom is 0.245 e. The molecule has 1 fully saturated rings. The molecule has 6 heteroatoms. The Labute approximate surface area is 174 Å². The van der Waals surface area contributed by atoms with Crippen LogP contribution in [0.15, 0.2) is 0 Å². The van der Waals surface area contributed by atoms with E-state index < -0.39 is 0 Å². The van der Waals surface area contributed by atoms with Crippen LogP contribution < -0.4 is 5.32 Å². The molecule has 1 N–H and O–H groups in total. The highest BCUT2D eigenvalue weighted by Gasteiger charge is 2.29. The fourth-order valence-corrected chi connectivity index (χ4v) is 5.02. The van der Waals surface area contributed by atoms with Crippen molar-refractivity contribution in [2.45, 2.75) is 92.5 Å². The van der Waals surface area contributed by atoms with Crippen molar-refractivity contribution in [1.82, 2.24) is 9.88 Å². The lowest BCUT2D eigenvalue weighted by atomic mass is 9.84. The molecular weight excluding hydrogens is 370 g/mol. The third-order valence-electron chi connectivity index (χ3n) is 5.41. The fraction of sp³-hybridized carbons (Fsp3) is 0.773. The van der Waals surface area contributed by atoms with Crippen LogP contribution in [-0.4, -0.2) is 34.3 Å². The number of anilines is 1. The number of nitrogens with one attached hydrogen (secondary N) is 1. The maximum absolute atomic E-state index is 13.1. The van der Waals surface area contributed by atoms with Gasteiger partial charge in [0.25, 0.3) is 0 Å². The molecule has 2 amide bonds. The van der Waals surface area contributed by atoms with Gasteiger partial charge in [-0.2, -0.15) is 0 Å². The number of thiazole rings is 1. The molecule has 1 aliphatic carbocycles. The second-order valence-electron chi connectivity index (χ2n) is 9.60. The molecule has 0 saturated heterocycles. The van der Waals surface area contributed by atoms with Gasteiger partial charge in [0.15, 0.2) is 5.13 Å². The third-order valence-corrected chi connectivity index (χ3v) is 6.40. The summed E-state index contributed by atoms with van der Waals surface area (Å²) in [7, 11) is 0. The van der Waals surface area contributed by atoms with Crippen molar-refractivity contribution in [2.75, 3.05) is 11.9 Å². The number of carbonyl (C=O) groups is 2. The minimum atomic E-state index is -0.142. The van der Waals surface area contributed by atoms with Gasteiger partial charge in [-0.15, -0.1) is 11.3 Å². The molecular formula is C22H37N3O2S. The Hall–Kier alpha value is -1.43. The van der Waals surface area contributed by atoms with Crippen LogP contribution in [0.25, 0.3) is 0 Å². The van der Waals surface area contributed by atoms with Crippen LogP contribution in [0.4, 0.5) is 5.13 Å². The maximum atomic E-state index is 13.1. The largest absolute Gasteiger partial charge is 0.330 e. The van der Waals surface area contributed by atoms with Crippen LogP contribution >= 0.6 is 11.3 Å². The average molecular weight is 408 g/mol. The first-order valence-corrected chi connectivity index (χ1v) is 11.4. The van der Waals surface area contributed by atoms with Gasteiger partial charge in [0.1, 0.15) is 6.54 Å². The number of hydrogen-bond donors (Lipinski definition) is 1. The molecule has 28 heavy (non-hydrogen) atoms. The molecule has 5 nitrogen and oxygen atoms in total. The summed E-state index contributed by atoms with van der Waals surface area (Å²) in [6.45, 7) is 12.8. The molecule has 2 rings (SSSR count). The highest BCUT2D eigenvalue weighted by atomic mass is 32.1. The number of aryl methyl sites for hydroxylation is 2. The second-order valence-corrected chi connectivity index (χ2v) is 10.8. The minimum Gasteiger partial charge on any atom is -0.330 e. The molecule has 1 heterocycles. The predicted molar refractivity (Wildman–Crippen MR) is 117 cm³/mol. The topological polar surface area (TPSA) is 62.3 Å². The zero-order valence-electron chi connectivity index (χ0n) is 18.4. The molecule has 1 atom stereocenters. The van der Waals surface area contributed by atoms with Crippen molar-refractivity contribution in [2.24, 2.45) is 11.3 Å². The minimum absolute atomic E-state index is 0.116. The van der Waals surface area contributed by atoms with E-state index in [0.717, 1.165) is 42.7 Å². The number of aromatic nitrogens is 1. The van der Waals surface area contributed by atoms with Gasteiger partial charge in [-0.3, -0.25) is 9.59 Å². The Balaban J connectivity index is 2.03. The summed E-state index contributed by atoms with van der Waals surface area (Å²) in [5.74, 6) is 0.285. The summed E-state index contributed by atoms with van der Waals surface area (Å²) in [6, 6.07) is 0.189. The molecule has 1 unspecified atom stereocenters. The smallest absolute Gasteiger partial charge is 0.245 e. The molecule has 1 saturated carbocycles. The van der Waals surface area contributed by atoms with E-state index in [9.17, 15) is 9.59 Å². The van der Waals surface area contributed by atoms with Crippen molar-refractivity contribution in [3.63, 3.8) is 0 Å². The van der Waals surface area contributed by atoms with Gasteiger partial charge in [-0.05, 0) is 44.4 Å². The van der Waals surface area contributed by atoms with E-state index in [4.69, 9.17) is 0 Å². The Morgan fingerprint density at radius 2 is 1.86 bits per heavy atom. The van der Waals surface area contributed by atoms with Gasteiger partial charge >= 0.3 is 0 Å². The lowest BCUT2D eigenvalue weighted by Crippen LogP contribution is -2.46.